The van der Waals surface area contributed by atoms with Crippen molar-refractivity contribution in [3.63, 3.8) is 0 Å². The normalized spacial score (nSPS) is 28.1. The molecule has 0 aromatic carbocycles. The third-order valence-corrected chi connectivity index (χ3v) is 2.57. The Labute approximate surface area is 95.9 Å². The Morgan fingerprint density at radius 1 is 1.59 bits per heavy atom. The number of aliphatic hydroxyl groups is 1. The molecule has 1 aromatic rings. The largest absolute Gasteiger partial charge is 0.469 e. The van der Waals surface area contributed by atoms with Gasteiger partial charge in [0.2, 0.25) is 6.23 Å². The average Bonchev–Trinajstić information content (AvgIpc) is 2.54. The van der Waals surface area contributed by atoms with Crippen LogP contribution in [0.4, 0.5) is 0 Å². The molecule has 1 aromatic heterocycles. The number of H-pyrrole nitrogens is 1. The van der Waals surface area contributed by atoms with Crippen LogP contribution >= 0.6 is 0 Å². The molecule has 1 fully saturated rings. The number of aromatic nitrogens is 2. The Hall–Kier alpha value is -1.86. The van der Waals surface area contributed by atoms with Crippen molar-refractivity contribution in [3.05, 3.63) is 45.4 Å². The number of rotatable bonds is 2. The maximum Gasteiger partial charge on any atom is 0.331 e. The van der Waals surface area contributed by atoms with Gasteiger partial charge in [-0.05, 0) is 0 Å². The highest BCUT2D eigenvalue weighted by Gasteiger charge is 2.41. The van der Waals surface area contributed by atoms with Gasteiger partial charge in [0.05, 0.1) is 0 Å². The Bertz CT molecular complexity index is 546. The SMILES string of the molecule is C=C1O[C@@H](n2ccc(=O)[nH]c2=O)[C@@H](O)[C@@H]1OC. The fraction of sp³-hybridized carbons (Fsp3) is 0.400. The van der Waals surface area contributed by atoms with E-state index in [0.717, 1.165) is 4.57 Å². The first-order chi connectivity index (χ1) is 8.04. The van der Waals surface area contributed by atoms with Crippen molar-refractivity contribution < 1.29 is 14.6 Å². The summed E-state index contributed by atoms with van der Waals surface area (Å²) in [5, 5.41) is 9.90. The summed E-state index contributed by atoms with van der Waals surface area (Å²) < 4.78 is 11.3. The van der Waals surface area contributed by atoms with Gasteiger partial charge in [-0.1, -0.05) is 6.58 Å². The molecule has 0 amide bonds. The molecule has 3 atom stereocenters. The van der Waals surface area contributed by atoms with Crippen molar-refractivity contribution >= 4 is 0 Å². The Balaban J connectivity index is 2.39. The Morgan fingerprint density at radius 2 is 2.29 bits per heavy atom. The predicted molar refractivity (Wildman–Crippen MR) is 57.4 cm³/mol. The minimum Gasteiger partial charge on any atom is -0.469 e. The van der Waals surface area contributed by atoms with Crippen molar-refractivity contribution in [2.45, 2.75) is 18.4 Å². The van der Waals surface area contributed by atoms with Gasteiger partial charge in [-0.25, -0.2) is 4.79 Å². The number of ether oxygens (including phenoxy) is 2. The molecule has 7 heteroatoms. The van der Waals surface area contributed by atoms with Crippen LogP contribution in [0.5, 0.6) is 0 Å². The number of methoxy groups -OCH3 is 1. The van der Waals surface area contributed by atoms with Gasteiger partial charge in [-0.15, -0.1) is 0 Å². The fourth-order valence-corrected chi connectivity index (χ4v) is 1.75. The number of aromatic amines is 1. The van der Waals surface area contributed by atoms with Crippen molar-refractivity contribution in [1.82, 2.24) is 9.55 Å². The van der Waals surface area contributed by atoms with Crippen LogP contribution in [0.15, 0.2) is 34.2 Å². The van der Waals surface area contributed by atoms with Gasteiger partial charge in [-0.3, -0.25) is 14.3 Å². The van der Waals surface area contributed by atoms with Gasteiger partial charge in [0, 0.05) is 19.4 Å². The van der Waals surface area contributed by atoms with Crippen LogP contribution in [0.3, 0.4) is 0 Å². The van der Waals surface area contributed by atoms with Crippen LogP contribution in [-0.4, -0.2) is 34.0 Å². The lowest BCUT2D eigenvalue weighted by molar-refractivity contribution is -0.0260. The average molecular weight is 240 g/mol. The fourth-order valence-electron chi connectivity index (χ4n) is 1.75. The van der Waals surface area contributed by atoms with Crippen molar-refractivity contribution in [1.29, 1.82) is 0 Å². The quantitative estimate of drug-likeness (QED) is 0.688. The van der Waals surface area contributed by atoms with Gasteiger partial charge < -0.3 is 14.6 Å². The zero-order valence-corrected chi connectivity index (χ0v) is 9.12. The van der Waals surface area contributed by atoms with E-state index in [1.165, 1.54) is 19.4 Å². The highest BCUT2D eigenvalue weighted by molar-refractivity contribution is 5.06. The third-order valence-electron chi connectivity index (χ3n) is 2.57. The summed E-state index contributed by atoms with van der Waals surface area (Å²) >= 11 is 0. The number of aliphatic hydroxyl groups excluding tert-OH is 1. The molecule has 0 spiro atoms. The zero-order chi connectivity index (χ0) is 12.6. The van der Waals surface area contributed by atoms with E-state index in [-0.39, 0.29) is 5.76 Å². The van der Waals surface area contributed by atoms with E-state index < -0.39 is 29.7 Å². The number of nitrogens with one attached hydrogen (secondary N) is 1. The van der Waals surface area contributed by atoms with Crippen LogP contribution in [0, 0.1) is 0 Å². The van der Waals surface area contributed by atoms with Crippen molar-refractivity contribution in [2.24, 2.45) is 0 Å². The van der Waals surface area contributed by atoms with E-state index in [1.54, 1.807) is 0 Å². The topological polar surface area (TPSA) is 93.6 Å². The van der Waals surface area contributed by atoms with Gasteiger partial charge in [0.15, 0.2) is 0 Å². The first-order valence-electron chi connectivity index (χ1n) is 4.92. The van der Waals surface area contributed by atoms with Crippen LogP contribution in [0.2, 0.25) is 0 Å². The highest BCUT2D eigenvalue weighted by atomic mass is 16.6. The van der Waals surface area contributed by atoms with E-state index in [1.807, 2.05) is 0 Å². The second-order valence-electron chi connectivity index (χ2n) is 3.64. The summed E-state index contributed by atoms with van der Waals surface area (Å²) in [7, 11) is 1.40. The maximum absolute atomic E-state index is 11.5. The molecule has 17 heavy (non-hydrogen) atoms. The molecule has 2 heterocycles. The van der Waals surface area contributed by atoms with E-state index in [0.29, 0.717) is 0 Å². The highest BCUT2D eigenvalue weighted by Crippen LogP contribution is 2.31. The second kappa shape index (κ2) is 4.19. The third kappa shape index (κ3) is 1.90. The minimum absolute atomic E-state index is 0.239. The van der Waals surface area contributed by atoms with E-state index in [4.69, 9.17) is 9.47 Å². The summed E-state index contributed by atoms with van der Waals surface area (Å²) in [6, 6.07) is 1.17. The number of hydrogen-bond acceptors (Lipinski definition) is 5. The van der Waals surface area contributed by atoms with Gasteiger partial charge in [0.25, 0.3) is 5.56 Å². The number of nitrogens with zero attached hydrogens (tertiary/aromatic N) is 1. The van der Waals surface area contributed by atoms with E-state index in [9.17, 15) is 14.7 Å². The van der Waals surface area contributed by atoms with Crippen LogP contribution < -0.4 is 11.2 Å². The summed E-state index contributed by atoms with van der Waals surface area (Å²) in [6.45, 7) is 3.59. The summed E-state index contributed by atoms with van der Waals surface area (Å²) in [5.41, 5.74) is -1.17. The predicted octanol–water partition coefficient (Wildman–Crippen LogP) is -1.04. The molecule has 0 bridgehead atoms. The monoisotopic (exact) mass is 240 g/mol. The number of hydrogen-bond donors (Lipinski definition) is 2. The second-order valence-corrected chi connectivity index (χ2v) is 3.64. The smallest absolute Gasteiger partial charge is 0.331 e. The van der Waals surface area contributed by atoms with Gasteiger partial charge >= 0.3 is 5.69 Å². The molecule has 0 aliphatic carbocycles. The summed E-state index contributed by atoms with van der Waals surface area (Å²) in [6.07, 6.45) is -1.45. The first kappa shape index (κ1) is 11.6. The minimum atomic E-state index is -1.06. The molecule has 0 saturated carbocycles. The van der Waals surface area contributed by atoms with Crippen molar-refractivity contribution in [2.75, 3.05) is 7.11 Å². The molecule has 0 unspecified atom stereocenters. The van der Waals surface area contributed by atoms with E-state index >= 15 is 0 Å². The summed E-state index contributed by atoms with van der Waals surface area (Å²) in [5.74, 6) is 0.239. The van der Waals surface area contributed by atoms with Gasteiger partial charge in [0.1, 0.15) is 18.0 Å². The molecular formula is C10H12N2O5. The molecule has 1 saturated heterocycles. The maximum atomic E-state index is 11.5. The van der Waals surface area contributed by atoms with Crippen molar-refractivity contribution in [3.8, 4) is 0 Å². The molecule has 1 aliphatic heterocycles. The molecule has 2 N–H and O–H groups in total. The lowest BCUT2D eigenvalue weighted by Gasteiger charge is -2.16. The lowest BCUT2D eigenvalue weighted by Crippen LogP contribution is -2.37. The first-order valence-corrected chi connectivity index (χ1v) is 4.92. The zero-order valence-electron chi connectivity index (χ0n) is 9.12. The van der Waals surface area contributed by atoms with Crippen LogP contribution in [0.25, 0.3) is 0 Å². The summed E-state index contributed by atoms with van der Waals surface area (Å²) in [4.78, 5) is 24.5. The van der Waals surface area contributed by atoms with Crippen LogP contribution in [-0.2, 0) is 9.47 Å². The van der Waals surface area contributed by atoms with Crippen LogP contribution in [0.1, 0.15) is 6.23 Å². The Morgan fingerprint density at radius 3 is 2.82 bits per heavy atom. The standard InChI is InChI=1S/C10H12N2O5/c1-5-8(16-2)7(14)9(17-5)12-4-3-6(13)11-10(12)15/h3-4,7-9,14H,1H2,2H3,(H,11,13,15)/t7-,8+,9+/m0/s1. The molecule has 1 aliphatic rings. The van der Waals surface area contributed by atoms with Gasteiger partial charge in [-0.2, -0.15) is 0 Å². The molecule has 7 nitrogen and oxygen atoms in total. The Kier molecular flexibility index (Phi) is 2.86. The molecule has 92 valence electrons. The lowest BCUT2D eigenvalue weighted by atomic mass is 10.2. The molecular weight excluding hydrogens is 228 g/mol. The molecule has 0 radical (unpaired) electrons. The molecule has 2 rings (SSSR count). The van der Waals surface area contributed by atoms with E-state index in [2.05, 4.69) is 11.6 Å².